The maximum absolute atomic E-state index is 12.3. The Morgan fingerprint density at radius 2 is 1.76 bits per heavy atom. The van der Waals surface area contributed by atoms with Crippen LogP contribution in [0.15, 0.2) is 0 Å². The van der Waals surface area contributed by atoms with E-state index in [1.807, 2.05) is 6.92 Å². The number of nitrogens with one attached hydrogen (secondary N) is 1. The second kappa shape index (κ2) is 3.71. The van der Waals surface area contributed by atoms with E-state index < -0.39 is 0 Å². The summed E-state index contributed by atoms with van der Waals surface area (Å²) in [5.74, 6) is 0.284. The second-order valence-corrected chi connectivity index (χ2v) is 6.78. The molecule has 1 saturated carbocycles. The molecule has 2 unspecified atom stereocenters. The van der Waals surface area contributed by atoms with Gasteiger partial charge in [0.25, 0.3) is 0 Å². The Bertz CT molecular complexity index is 321. The molecule has 1 aliphatic carbocycles. The van der Waals surface area contributed by atoms with Gasteiger partial charge in [-0.1, -0.05) is 41.0 Å². The number of carbonyl (C=O) groups excluding carboxylic acids is 1. The zero-order chi connectivity index (χ0) is 13.0. The molecule has 1 aliphatic heterocycles. The van der Waals surface area contributed by atoms with Gasteiger partial charge in [-0.05, 0) is 24.2 Å². The Balaban J connectivity index is 2.22. The Labute approximate surface area is 105 Å². The van der Waals surface area contributed by atoms with E-state index in [0.29, 0.717) is 6.04 Å². The van der Waals surface area contributed by atoms with Gasteiger partial charge in [-0.2, -0.15) is 0 Å². The quantitative estimate of drug-likeness (QED) is 0.818. The lowest BCUT2D eigenvalue weighted by molar-refractivity contribution is -0.131. The maximum Gasteiger partial charge on any atom is 0.241 e. The molecule has 17 heavy (non-hydrogen) atoms. The Morgan fingerprint density at radius 3 is 2.18 bits per heavy atom. The highest BCUT2D eigenvalue weighted by Gasteiger charge is 2.69. The highest BCUT2D eigenvalue weighted by atomic mass is 16.2. The number of hydrogen-bond donors (Lipinski definition) is 1. The zero-order valence-electron chi connectivity index (χ0n) is 12.0. The molecule has 2 fully saturated rings. The third-order valence-electron chi connectivity index (χ3n) is 5.19. The fourth-order valence-electron chi connectivity index (χ4n) is 3.48. The molecule has 0 aromatic carbocycles. The first-order valence-corrected chi connectivity index (χ1v) is 6.83. The third-order valence-corrected chi connectivity index (χ3v) is 5.19. The van der Waals surface area contributed by atoms with Crippen LogP contribution in [0.1, 0.15) is 54.4 Å². The van der Waals surface area contributed by atoms with Gasteiger partial charge in [0.05, 0.1) is 12.2 Å². The van der Waals surface area contributed by atoms with Crippen molar-refractivity contribution < 1.29 is 4.79 Å². The smallest absolute Gasteiger partial charge is 0.241 e. The molecule has 0 aromatic rings. The van der Waals surface area contributed by atoms with Crippen molar-refractivity contribution in [3.8, 4) is 0 Å². The minimum atomic E-state index is -0.0150. The highest BCUT2D eigenvalue weighted by Crippen LogP contribution is 2.66. The molecule has 0 spiro atoms. The molecule has 1 saturated heterocycles. The Hall–Kier alpha value is -0.570. The first kappa shape index (κ1) is 12.9. The van der Waals surface area contributed by atoms with Crippen LogP contribution in [0.4, 0.5) is 0 Å². The van der Waals surface area contributed by atoms with Crippen molar-refractivity contribution in [2.45, 2.75) is 72.6 Å². The molecular formula is C14H26N2O. The van der Waals surface area contributed by atoms with Gasteiger partial charge in [-0.3, -0.25) is 10.1 Å². The van der Waals surface area contributed by atoms with Crippen molar-refractivity contribution in [2.75, 3.05) is 0 Å². The molecule has 1 N–H and O–H groups in total. The standard InChI is InChI=1S/C14H26N2O/c1-7-8-10-15-9(2)11(17)16(10)12-13(3,4)14(12,5)6/h9-10,12,15H,7-8H2,1-6H3. The van der Waals surface area contributed by atoms with Crippen LogP contribution >= 0.6 is 0 Å². The SMILES string of the molecule is CCCC1NC(C)C(=O)N1C1C(C)(C)C1(C)C. The number of nitrogens with zero attached hydrogens (tertiary/aromatic N) is 1. The Morgan fingerprint density at radius 1 is 1.24 bits per heavy atom. The van der Waals surface area contributed by atoms with E-state index in [4.69, 9.17) is 0 Å². The van der Waals surface area contributed by atoms with Crippen molar-refractivity contribution in [3.63, 3.8) is 0 Å². The van der Waals surface area contributed by atoms with Gasteiger partial charge in [0.15, 0.2) is 0 Å². The van der Waals surface area contributed by atoms with Crippen molar-refractivity contribution >= 4 is 5.91 Å². The van der Waals surface area contributed by atoms with E-state index in [1.165, 1.54) is 0 Å². The summed E-state index contributed by atoms with van der Waals surface area (Å²) in [6.07, 6.45) is 2.41. The predicted molar refractivity (Wildman–Crippen MR) is 69.5 cm³/mol. The number of hydrogen-bond acceptors (Lipinski definition) is 2. The lowest BCUT2D eigenvalue weighted by Gasteiger charge is -2.26. The lowest BCUT2D eigenvalue weighted by Crippen LogP contribution is -2.41. The summed E-state index contributed by atoms with van der Waals surface area (Å²) >= 11 is 0. The summed E-state index contributed by atoms with van der Waals surface area (Å²) in [6.45, 7) is 13.3. The fraction of sp³-hybridized carbons (Fsp3) is 0.929. The predicted octanol–water partition coefficient (Wildman–Crippen LogP) is 2.37. The van der Waals surface area contributed by atoms with Crippen molar-refractivity contribution in [2.24, 2.45) is 10.8 Å². The minimum absolute atomic E-state index is 0.0150. The summed E-state index contributed by atoms with van der Waals surface area (Å²) < 4.78 is 0. The van der Waals surface area contributed by atoms with E-state index in [0.717, 1.165) is 12.8 Å². The summed E-state index contributed by atoms with van der Waals surface area (Å²) in [5.41, 5.74) is 0.473. The average Bonchev–Trinajstić information content (AvgIpc) is 2.47. The molecule has 98 valence electrons. The normalized spacial score (nSPS) is 35.4. The van der Waals surface area contributed by atoms with Gasteiger partial charge in [0.1, 0.15) is 0 Å². The lowest BCUT2D eigenvalue weighted by atomic mass is 10.0. The molecule has 2 atom stereocenters. The number of carbonyl (C=O) groups is 1. The van der Waals surface area contributed by atoms with Gasteiger partial charge in [-0.15, -0.1) is 0 Å². The molecule has 2 rings (SSSR count). The van der Waals surface area contributed by atoms with Gasteiger partial charge in [-0.25, -0.2) is 0 Å². The molecule has 1 amide bonds. The van der Waals surface area contributed by atoms with E-state index in [1.54, 1.807) is 0 Å². The highest BCUT2D eigenvalue weighted by molar-refractivity contribution is 5.85. The second-order valence-electron chi connectivity index (χ2n) is 6.78. The van der Waals surface area contributed by atoms with Crippen LogP contribution in [0, 0.1) is 10.8 Å². The molecule has 0 aromatic heterocycles. The van der Waals surface area contributed by atoms with Gasteiger partial charge in [0.2, 0.25) is 5.91 Å². The third kappa shape index (κ3) is 1.62. The summed E-state index contributed by atoms with van der Waals surface area (Å²) in [7, 11) is 0. The minimum Gasteiger partial charge on any atom is -0.322 e. The zero-order valence-corrected chi connectivity index (χ0v) is 12.0. The molecule has 1 heterocycles. The first-order chi connectivity index (χ1) is 7.75. The van der Waals surface area contributed by atoms with Crippen molar-refractivity contribution in [1.82, 2.24) is 10.2 Å². The largest absolute Gasteiger partial charge is 0.322 e. The average molecular weight is 238 g/mol. The van der Waals surface area contributed by atoms with Crippen LogP contribution in [0.3, 0.4) is 0 Å². The van der Waals surface area contributed by atoms with Crippen LogP contribution in [-0.4, -0.2) is 29.1 Å². The Kier molecular flexibility index (Phi) is 2.81. The summed E-state index contributed by atoms with van der Waals surface area (Å²) in [5, 5.41) is 3.43. The molecular weight excluding hydrogens is 212 g/mol. The van der Waals surface area contributed by atoms with Gasteiger partial charge in [0, 0.05) is 6.04 Å². The van der Waals surface area contributed by atoms with Crippen LogP contribution in [0.2, 0.25) is 0 Å². The topological polar surface area (TPSA) is 32.3 Å². The molecule has 2 aliphatic rings. The van der Waals surface area contributed by atoms with Crippen LogP contribution < -0.4 is 5.32 Å². The number of amides is 1. The summed E-state index contributed by atoms with van der Waals surface area (Å²) in [6, 6.07) is 0.371. The fourth-order valence-corrected chi connectivity index (χ4v) is 3.48. The van der Waals surface area contributed by atoms with E-state index in [9.17, 15) is 4.79 Å². The summed E-state index contributed by atoms with van der Waals surface area (Å²) in [4.78, 5) is 14.4. The van der Waals surface area contributed by atoms with Gasteiger partial charge >= 0.3 is 0 Å². The molecule has 3 nitrogen and oxygen atoms in total. The van der Waals surface area contributed by atoms with Crippen molar-refractivity contribution in [3.05, 3.63) is 0 Å². The monoisotopic (exact) mass is 238 g/mol. The van der Waals surface area contributed by atoms with Crippen LogP contribution in [0.25, 0.3) is 0 Å². The maximum atomic E-state index is 12.3. The van der Waals surface area contributed by atoms with Gasteiger partial charge < -0.3 is 4.90 Å². The molecule has 0 bridgehead atoms. The number of rotatable bonds is 3. The van der Waals surface area contributed by atoms with Crippen molar-refractivity contribution in [1.29, 1.82) is 0 Å². The van der Waals surface area contributed by atoms with E-state index in [-0.39, 0.29) is 28.9 Å². The van der Waals surface area contributed by atoms with Crippen LogP contribution in [0.5, 0.6) is 0 Å². The molecule has 3 heteroatoms. The van der Waals surface area contributed by atoms with Crippen LogP contribution in [-0.2, 0) is 4.79 Å². The molecule has 0 radical (unpaired) electrons. The first-order valence-electron chi connectivity index (χ1n) is 6.83. The van der Waals surface area contributed by atoms with E-state index >= 15 is 0 Å². The van der Waals surface area contributed by atoms with E-state index in [2.05, 4.69) is 44.8 Å².